The number of esters is 1. The largest absolute Gasteiger partial charge is 0.454 e. The Morgan fingerprint density at radius 1 is 0.580 bits per heavy atom. The Hall–Kier alpha value is -2.64. The van der Waals surface area contributed by atoms with E-state index in [1.54, 1.807) is 6.08 Å². The maximum absolute atomic E-state index is 13.4. The summed E-state index contributed by atoms with van der Waals surface area (Å²) >= 11 is 0. The highest BCUT2D eigenvalue weighted by Gasteiger charge is 2.47. The Balaban J connectivity index is 2.78. The molecule has 0 radical (unpaired) electrons. The van der Waals surface area contributed by atoms with Crippen molar-refractivity contribution in [2.75, 3.05) is 13.2 Å². The van der Waals surface area contributed by atoms with Crippen molar-refractivity contribution in [2.45, 2.75) is 282 Å². The number of hydrogen-bond acceptors (Lipinski definition) is 10. The van der Waals surface area contributed by atoms with Crippen molar-refractivity contribution >= 4 is 11.9 Å². The molecule has 0 saturated carbocycles. The Morgan fingerprint density at radius 3 is 1.57 bits per heavy atom. The number of aliphatic hydroxyl groups is 5. The van der Waals surface area contributed by atoms with Crippen molar-refractivity contribution in [1.29, 1.82) is 0 Å². The maximum Gasteiger partial charge on any atom is 0.306 e. The lowest BCUT2D eigenvalue weighted by Crippen LogP contribution is -2.61. The SMILES string of the molecule is CC/C=C/C=C/C=C\C=C/CCCCCC(=O)OC1C(OCC(NC(=O)C(O)CCCCCCCCCCCCCCCC)C(O)/C=C/CCCCCCCCCCCCC)OC(CO)C(O)C1O. The molecule has 8 atom stereocenters. The van der Waals surface area contributed by atoms with Crippen molar-refractivity contribution in [3.05, 3.63) is 60.8 Å². The molecule has 1 rings (SSSR count). The summed E-state index contributed by atoms with van der Waals surface area (Å²) in [6.07, 6.45) is 45.5. The number of ether oxygens (including phenoxy) is 3. The van der Waals surface area contributed by atoms with Crippen molar-refractivity contribution in [3.8, 4) is 0 Å². The number of rotatable bonds is 46. The van der Waals surface area contributed by atoms with Gasteiger partial charge >= 0.3 is 5.97 Å². The topological polar surface area (TPSA) is 175 Å². The van der Waals surface area contributed by atoms with Gasteiger partial charge in [0.15, 0.2) is 12.4 Å². The van der Waals surface area contributed by atoms with Gasteiger partial charge in [-0.05, 0) is 44.9 Å². The molecule has 1 saturated heterocycles. The van der Waals surface area contributed by atoms with E-state index in [0.717, 1.165) is 64.2 Å². The summed E-state index contributed by atoms with van der Waals surface area (Å²) in [5, 5.41) is 56.7. The first kappa shape index (κ1) is 64.4. The molecule has 0 aromatic carbocycles. The Bertz CT molecular complexity index is 1350. The summed E-state index contributed by atoms with van der Waals surface area (Å²) < 4.78 is 17.5. The van der Waals surface area contributed by atoms with Crippen LogP contribution in [0.3, 0.4) is 0 Å². The fourth-order valence-corrected chi connectivity index (χ4v) is 8.54. The molecule has 1 heterocycles. The second-order valence-corrected chi connectivity index (χ2v) is 19.4. The van der Waals surface area contributed by atoms with E-state index in [1.807, 2.05) is 42.5 Å². The van der Waals surface area contributed by atoms with Gasteiger partial charge in [-0.2, -0.15) is 0 Å². The molecule has 1 fully saturated rings. The normalized spacial score (nSPS) is 20.3. The minimum atomic E-state index is -1.63. The van der Waals surface area contributed by atoms with Gasteiger partial charge in [0.1, 0.15) is 24.4 Å². The standard InChI is InChI=1S/C58H103NO10/c1-4-7-10-13-16-19-22-25-28-30-33-36-39-42-45-51(62)57(66)59-49(50(61)44-41-38-35-32-29-26-23-20-17-14-11-8-5-2)48-67-58-56(55(65)54(64)52(47-60)68-58)69-53(63)46-43-40-37-34-31-27-24-21-18-15-12-9-6-3/h9,12,15,18,21,24,27,31,41,44,49-52,54-56,58,60-62,64-65H,4-8,10-11,13-14,16-17,19-20,22-23,25-26,28-30,32-40,42-43,45-48H2,1-3H3,(H,59,66)/b12-9+,18-15+,24-21-,31-27-,44-41+. The quantitative estimate of drug-likeness (QED) is 0.0149. The average molecular weight is 974 g/mol. The molecule has 1 amide bonds. The van der Waals surface area contributed by atoms with E-state index in [9.17, 15) is 35.1 Å². The Morgan fingerprint density at radius 2 is 1.04 bits per heavy atom. The van der Waals surface area contributed by atoms with E-state index in [1.165, 1.54) is 122 Å². The molecule has 11 heteroatoms. The predicted molar refractivity (Wildman–Crippen MR) is 283 cm³/mol. The van der Waals surface area contributed by atoms with E-state index >= 15 is 0 Å². The molecule has 0 aliphatic carbocycles. The maximum atomic E-state index is 13.4. The number of carbonyl (C=O) groups excluding carboxylic acids is 2. The lowest BCUT2D eigenvalue weighted by atomic mass is 9.99. The zero-order valence-corrected chi connectivity index (χ0v) is 43.9. The van der Waals surface area contributed by atoms with Crippen LogP contribution in [0, 0.1) is 0 Å². The van der Waals surface area contributed by atoms with Gasteiger partial charge in [-0.3, -0.25) is 9.59 Å². The molecule has 0 aromatic heterocycles. The molecule has 8 unspecified atom stereocenters. The van der Waals surface area contributed by atoms with E-state index < -0.39 is 67.4 Å². The summed E-state index contributed by atoms with van der Waals surface area (Å²) in [7, 11) is 0. The minimum Gasteiger partial charge on any atom is -0.454 e. The third-order valence-electron chi connectivity index (χ3n) is 13.0. The second-order valence-electron chi connectivity index (χ2n) is 19.4. The summed E-state index contributed by atoms with van der Waals surface area (Å²) in [6.45, 7) is 5.61. The second kappa shape index (κ2) is 46.4. The highest BCUT2D eigenvalue weighted by atomic mass is 16.7. The van der Waals surface area contributed by atoms with Gasteiger partial charge in [0.05, 0.1) is 25.4 Å². The number of aliphatic hydroxyl groups excluding tert-OH is 5. The molecule has 400 valence electrons. The van der Waals surface area contributed by atoms with Gasteiger partial charge in [-0.1, -0.05) is 242 Å². The van der Waals surface area contributed by atoms with Crippen LogP contribution in [0.1, 0.15) is 233 Å². The van der Waals surface area contributed by atoms with Gasteiger partial charge in [0.25, 0.3) is 0 Å². The fraction of sp³-hybridized carbons (Fsp3) is 0.793. The molecule has 6 N–H and O–H groups in total. The molecular formula is C58H103NO10. The van der Waals surface area contributed by atoms with Crippen molar-refractivity contribution in [2.24, 2.45) is 0 Å². The summed E-state index contributed by atoms with van der Waals surface area (Å²) in [6, 6.07) is -1.03. The van der Waals surface area contributed by atoms with Gasteiger partial charge in [-0.25, -0.2) is 0 Å². The molecule has 69 heavy (non-hydrogen) atoms. The van der Waals surface area contributed by atoms with E-state index in [4.69, 9.17) is 14.2 Å². The van der Waals surface area contributed by atoms with Crippen LogP contribution in [0.15, 0.2) is 60.8 Å². The zero-order valence-electron chi connectivity index (χ0n) is 43.9. The summed E-state index contributed by atoms with van der Waals surface area (Å²) in [5.41, 5.74) is 0. The number of hydrogen-bond donors (Lipinski definition) is 6. The first-order valence-corrected chi connectivity index (χ1v) is 28.1. The fourth-order valence-electron chi connectivity index (χ4n) is 8.54. The number of unbranched alkanes of at least 4 members (excludes halogenated alkanes) is 27. The minimum absolute atomic E-state index is 0.0771. The number of carbonyl (C=O) groups is 2. The Kier molecular flexibility index (Phi) is 43.3. The first-order valence-electron chi connectivity index (χ1n) is 28.1. The molecule has 0 spiro atoms. The van der Waals surface area contributed by atoms with Crippen molar-refractivity contribution in [3.63, 3.8) is 0 Å². The van der Waals surface area contributed by atoms with Gasteiger partial charge < -0.3 is 45.1 Å². The molecule has 0 bridgehead atoms. The van der Waals surface area contributed by atoms with Crippen molar-refractivity contribution < 1.29 is 49.3 Å². The van der Waals surface area contributed by atoms with Crippen LogP contribution in [0.4, 0.5) is 0 Å². The van der Waals surface area contributed by atoms with Gasteiger partial charge in [-0.15, -0.1) is 0 Å². The molecule has 1 aliphatic rings. The van der Waals surface area contributed by atoms with Crippen LogP contribution in [0.25, 0.3) is 0 Å². The average Bonchev–Trinajstić information content (AvgIpc) is 3.34. The number of amides is 1. The highest BCUT2D eigenvalue weighted by Crippen LogP contribution is 2.26. The van der Waals surface area contributed by atoms with Crippen LogP contribution >= 0.6 is 0 Å². The number of nitrogens with one attached hydrogen (secondary N) is 1. The third-order valence-corrected chi connectivity index (χ3v) is 13.0. The van der Waals surface area contributed by atoms with Crippen LogP contribution in [-0.4, -0.2) is 99.6 Å². The third kappa shape index (κ3) is 35.2. The first-order chi connectivity index (χ1) is 33.7. The number of allylic oxidation sites excluding steroid dienone is 9. The van der Waals surface area contributed by atoms with E-state index in [-0.39, 0.29) is 19.4 Å². The molecule has 11 nitrogen and oxygen atoms in total. The molecular weight excluding hydrogens is 871 g/mol. The Labute approximate surface area is 420 Å². The molecule has 0 aromatic rings. The van der Waals surface area contributed by atoms with Crippen molar-refractivity contribution in [1.82, 2.24) is 5.32 Å². The smallest absolute Gasteiger partial charge is 0.306 e. The van der Waals surface area contributed by atoms with Crippen LogP contribution in [0.2, 0.25) is 0 Å². The van der Waals surface area contributed by atoms with Crippen LogP contribution < -0.4 is 5.32 Å². The van der Waals surface area contributed by atoms with E-state index in [0.29, 0.717) is 12.8 Å². The monoisotopic (exact) mass is 974 g/mol. The van der Waals surface area contributed by atoms with E-state index in [2.05, 4.69) is 38.2 Å². The van der Waals surface area contributed by atoms with Gasteiger partial charge in [0, 0.05) is 6.42 Å². The zero-order chi connectivity index (χ0) is 50.4. The lowest BCUT2D eigenvalue weighted by Gasteiger charge is -2.41. The summed E-state index contributed by atoms with van der Waals surface area (Å²) in [5.74, 6) is -1.23. The lowest BCUT2D eigenvalue weighted by molar-refractivity contribution is -0.305. The highest BCUT2D eigenvalue weighted by molar-refractivity contribution is 5.80. The van der Waals surface area contributed by atoms with Crippen LogP contribution in [0.5, 0.6) is 0 Å². The van der Waals surface area contributed by atoms with Gasteiger partial charge in [0.2, 0.25) is 5.91 Å². The predicted octanol–water partition coefficient (Wildman–Crippen LogP) is 12.3. The van der Waals surface area contributed by atoms with Crippen LogP contribution in [-0.2, 0) is 23.8 Å². The molecule has 1 aliphatic heterocycles. The summed E-state index contributed by atoms with van der Waals surface area (Å²) in [4.78, 5) is 26.4.